The molecule has 5 heteroatoms. The Bertz CT molecular complexity index is 2700. The Morgan fingerprint density at radius 2 is 1.04 bits per heavy atom. The standard InChI is InChI=1S/C45H29N3O2/c1-3-13-28(14-4-1)43-46-44(29-15-5-2-6-16-29)48-45(47-43)31-18-9-17-30(27-31)32-20-12-26-39-40(32)37-24-11-23-36(42(37)50-39)35-22-10-21-34-33-19-7-8-25-38(33)49-41(34)35/h1-9,11-20,22-27H,10,21H2. The van der Waals surface area contributed by atoms with Crippen LogP contribution in [0.2, 0.25) is 0 Å². The molecule has 0 saturated heterocycles. The monoisotopic (exact) mass is 643 g/mol. The lowest BCUT2D eigenvalue weighted by Gasteiger charge is -2.13. The second-order valence-corrected chi connectivity index (χ2v) is 12.6. The number of benzene rings is 6. The van der Waals surface area contributed by atoms with Crippen molar-refractivity contribution in [2.75, 3.05) is 0 Å². The van der Waals surface area contributed by atoms with Crippen molar-refractivity contribution in [3.05, 3.63) is 169 Å². The second kappa shape index (κ2) is 11.5. The van der Waals surface area contributed by atoms with Crippen LogP contribution in [0.5, 0.6) is 0 Å². The van der Waals surface area contributed by atoms with Crippen LogP contribution in [0.3, 0.4) is 0 Å². The first-order valence-corrected chi connectivity index (χ1v) is 16.9. The number of nitrogens with zero attached hydrogens (tertiary/aromatic N) is 3. The number of fused-ring (bicyclic) bond motifs is 6. The average molecular weight is 644 g/mol. The highest BCUT2D eigenvalue weighted by atomic mass is 16.3. The summed E-state index contributed by atoms with van der Waals surface area (Å²) in [5, 5.41) is 3.34. The molecule has 3 heterocycles. The fourth-order valence-electron chi connectivity index (χ4n) is 7.31. The van der Waals surface area contributed by atoms with Gasteiger partial charge in [-0.25, -0.2) is 15.0 Å². The van der Waals surface area contributed by atoms with E-state index in [0.717, 1.165) is 85.1 Å². The van der Waals surface area contributed by atoms with Gasteiger partial charge in [0.2, 0.25) is 0 Å². The Morgan fingerprint density at radius 1 is 0.460 bits per heavy atom. The van der Waals surface area contributed by atoms with Gasteiger partial charge in [0.15, 0.2) is 17.5 Å². The minimum atomic E-state index is 0.622. The molecule has 0 bridgehead atoms. The first-order valence-electron chi connectivity index (χ1n) is 16.9. The topological polar surface area (TPSA) is 65.0 Å². The van der Waals surface area contributed by atoms with Gasteiger partial charge in [0, 0.05) is 49.5 Å². The van der Waals surface area contributed by atoms with E-state index in [2.05, 4.69) is 84.9 Å². The van der Waals surface area contributed by atoms with Crippen LogP contribution in [0.4, 0.5) is 0 Å². The lowest BCUT2D eigenvalue weighted by Crippen LogP contribution is -2.00. The van der Waals surface area contributed by atoms with E-state index in [1.165, 1.54) is 10.9 Å². The van der Waals surface area contributed by atoms with Crippen molar-refractivity contribution in [1.29, 1.82) is 0 Å². The summed E-state index contributed by atoms with van der Waals surface area (Å²) in [5.41, 5.74) is 11.0. The number of para-hydroxylation sites is 2. The third-order valence-corrected chi connectivity index (χ3v) is 9.63. The highest BCUT2D eigenvalue weighted by Crippen LogP contribution is 2.44. The number of allylic oxidation sites excluding steroid dienone is 1. The highest BCUT2D eigenvalue weighted by molar-refractivity contribution is 6.15. The van der Waals surface area contributed by atoms with Crippen molar-refractivity contribution in [1.82, 2.24) is 15.0 Å². The molecule has 1 aliphatic carbocycles. The summed E-state index contributed by atoms with van der Waals surface area (Å²) in [5.74, 6) is 2.84. The predicted octanol–water partition coefficient (Wildman–Crippen LogP) is 11.6. The van der Waals surface area contributed by atoms with Crippen molar-refractivity contribution in [3.63, 3.8) is 0 Å². The van der Waals surface area contributed by atoms with E-state index < -0.39 is 0 Å². The molecule has 0 amide bonds. The molecule has 0 unspecified atom stereocenters. The summed E-state index contributed by atoms with van der Waals surface area (Å²) in [7, 11) is 0. The molecule has 10 rings (SSSR count). The molecule has 236 valence electrons. The first kappa shape index (κ1) is 28.4. The van der Waals surface area contributed by atoms with E-state index in [1.807, 2.05) is 66.7 Å². The Labute approximate surface area is 288 Å². The van der Waals surface area contributed by atoms with Crippen LogP contribution in [0, 0.1) is 0 Å². The third kappa shape index (κ3) is 4.66. The minimum absolute atomic E-state index is 0.622. The summed E-state index contributed by atoms with van der Waals surface area (Å²) in [4.78, 5) is 14.8. The molecule has 0 fully saturated rings. The van der Waals surface area contributed by atoms with Gasteiger partial charge in [-0.3, -0.25) is 0 Å². The lowest BCUT2D eigenvalue weighted by atomic mass is 9.90. The van der Waals surface area contributed by atoms with Crippen molar-refractivity contribution >= 4 is 38.5 Å². The van der Waals surface area contributed by atoms with Gasteiger partial charge in [-0.2, -0.15) is 0 Å². The summed E-state index contributed by atoms with van der Waals surface area (Å²) >= 11 is 0. The molecule has 6 aromatic carbocycles. The van der Waals surface area contributed by atoms with Gasteiger partial charge in [0.1, 0.15) is 22.5 Å². The summed E-state index contributed by atoms with van der Waals surface area (Å²) < 4.78 is 13.2. The molecule has 0 aliphatic heterocycles. The number of hydrogen-bond donors (Lipinski definition) is 0. The van der Waals surface area contributed by atoms with Crippen molar-refractivity contribution in [3.8, 4) is 45.3 Å². The first-order chi connectivity index (χ1) is 24.8. The van der Waals surface area contributed by atoms with Crippen LogP contribution >= 0.6 is 0 Å². The van der Waals surface area contributed by atoms with E-state index >= 15 is 0 Å². The van der Waals surface area contributed by atoms with E-state index in [4.69, 9.17) is 23.8 Å². The molecule has 0 saturated carbocycles. The van der Waals surface area contributed by atoms with Gasteiger partial charge in [0.05, 0.1) is 0 Å². The molecule has 50 heavy (non-hydrogen) atoms. The summed E-state index contributed by atoms with van der Waals surface area (Å²) in [6, 6.07) is 49.6. The van der Waals surface area contributed by atoms with Crippen molar-refractivity contribution < 1.29 is 8.83 Å². The predicted molar refractivity (Wildman–Crippen MR) is 200 cm³/mol. The smallest absolute Gasteiger partial charge is 0.164 e. The molecular weight excluding hydrogens is 615 g/mol. The van der Waals surface area contributed by atoms with Gasteiger partial charge in [0.25, 0.3) is 0 Å². The zero-order valence-electron chi connectivity index (χ0n) is 27.0. The Morgan fingerprint density at radius 3 is 1.82 bits per heavy atom. The van der Waals surface area contributed by atoms with Crippen molar-refractivity contribution in [2.24, 2.45) is 0 Å². The third-order valence-electron chi connectivity index (χ3n) is 9.63. The Kier molecular flexibility index (Phi) is 6.56. The molecule has 0 spiro atoms. The SMILES string of the molecule is C1=C(c2cccc3c2oc2cccc(-c4cccc(-c5nc(-c6ccccc6)nc(-c6ccccc6)n5)c4)c23)c2oc3ccccc3c2CC1. The molecule has 1 aliphatic rings. The van der Waals surface area contributed by atoms with Gasteiger partial charge < -0.3 is 8.83 Å². The zero-order chi connectivity index (χ0) is 33.0. The summed E-state index contributed by atoms with van der Waals surface area (Å²) in [6.07, 6.45) is 4.21. The maximum absolute atomic E-state index is 6.72. The van der Waals surface area contributed by atoms with Crippen LogP contribution in [0.15, 0.2) is 161 Å². The van der Waals surface area contributed by atoms with E-state index in [-0.39, 0.29) is 0 Å². The molecule has 3 aromatic heterocycles. The van der Waals surface area contributed by atoms with Gasteiger partial charge in [-0.05, 0) is 42.2 Å². The van der Waals surface area contributed by atoms with E-state index in [0.29, 0.717) is 17.5 Å². The van der Waals surface area contributed by atoms with Gasteiger partial charge in [-0.15, -0.1) is 0 Å². The molecule has 0 radical (unpaired) electrons. The van der Waals surface area contributed by atoms with Crippen LogP contribution in [0.25, 0.3) is 83.8 Å². The van der Waals surface area contributed by atoms with Gasteiger partial charge >= 0.3 is 0 Å². The minimum Gasteiger partial charge on any atom is -0.456 e. The maximum atomic E-state index is 6.72. The van der Waals surface area contributed by atoms with Gasteiger partial charge in [-0.1, -0.05) is 133 Å². The quantitative estimate of drug-likeness (QED) is 0.187. The van der Waals surface area contributed by atoms with E-state index in [9.17, 15) is 0 Å². The number of aryl methyl sites for hydroxylation is 1. The van der Waals surface area contributed by atoms with Crippen LogP contribution in [-0.2, 0) is 6.42 Å². The largest absolute Gasteiger partial charge is 0.456 e. The van der Waals surface area contributed by atoms with Crippen LogP contribution in [0.1, 0.15) is 23.3 Å². The fraction of sp³-hybridized carbons (Fsp3) is 0.0444. The number of hydrogen-bond acceptors (Lipinski definition) is 5. The van der Waals surface area contributed by atoms with Crippen LogP contribution in [-0.4, -0.2) is 15.0 Å². The molecule has 0 N–H and O–H groups in total. The average Bonchev–Trinajstić information content (AvgIpc) is 3.77. The Balaban J connectivity index is 1.12. The van der Waals surface area contributed by atoms with Crippen LogP contribution < -0.4 is 0 Å². The van der Waals surface area contributed by atoms with Crippen molar-refractivity contribution in [2.45, 2.75) is 12.8 Å². The number of rotatable bonds is 5. The normalized spacial score (nSPS) is 12.8. The zero-order valence-corrected chi connectivity index (χ0v) is 27.0. The number of furan rings is 2. The Hall–Kier alpha value is -6.59. The lowest BCUT2D eigenvalue weighted by molar-refractivity contribution is 0.590. The highest BCUT2D eigenvalue weighted by Gasteiger charge is 2.25. The molecule has 9 aromatic rings. The second-order valence-electron chi connectivity index (χ2n) is 12.6. The molecule has 5 nitrogen and oxygen atoms in total. The molecular formula is C45H29N3O2. The van der Waals surface area contributed by atoms with E-state index in [1.54, 1.807) is 0 Å². The maximum Gasteiger partial charge on any atom is 0.164 e. The number of aromatic nitrogens is 3. The summed E-state index contributed by atoms with van der Waals surface area (Å²) in [6.45, 7) is 0. The fourth-order valence-corrected chi connectivity index (χ4v) is 7.31. The molecule has 0 atom stereocenters.